The summed E-state index contributed by atoms with van der Waals surface area (Å²) in [6.07, 6.45) is 7.18. The summed E-state index contributed by atoms with van der Waals surface area (Å²) in [6, 6.07) is 12.8. The van der Waals surface area contributed by atoms with Crippen LogP contribution in [0.4, 0.5) is 0 Å². The highest BCUT2D eigenvalue weighted by Gasteiger charge is 2.46. The number of carbonyl (C=O) groups is 4. The number of fused-ring (bicyclic) bond motifs is 1. The van der Waals surface area contributed by atoms with Gasteiger partial charge in [-0.15, -0.1) is 0 Å². The molecule has 3 aliphatic rings. The van der Waals surface area contributed by atoms with E-state index in [2.05, 4.69) is 15.4 Å². The SMILES string of the molecule is O=CC1(N2Cc3cc(OC[C@H]4CCCCN4C(=O)c4ccccc4Cn4cncn4)ccc3C2=O)CCC(=O)NC1. The monoisotopic (exact) mass is 556 g/mol. The van der Waals surface area contributed by atoms with Gasteiger partial charge < -0.3 is 24.6 Å². The van der Waals surface area contributed by atoms with E-state index in [-0.39, 0.29) is 43.3 Å². The van der Waals surface area contributed by atoms with Gasteiger partial charge in [0.05, 0.1) is 12.6 Å². The summed E-state index contributed by atoms with van der Waals surface area (Å²) < 4.78 is 7.91. The minimum Gasteiger partial charge on any atom is -0.491 e. The number of carbonyl (C=O) groups excluding carboxylic acids is 4. The van der Waals surface area contributed by atoms with Crippen molar-refractivity contribution >= 4 is 24.0 Å². The molecule has 1 N–H and O–H groups in total. The largest absolute Gasteiger partial charge is 0.491 e. The van der Waals surface area contributed by atoms with Gasteiger partial charge in [-0.2, -0.15) is 5.10 Å². The number of aromatic nitrogens is 3. The van der Waals surface area contributed by atoms with Crippen LogP contribution in [0.2, 0.25) is 0 Å². The van der Waals surface area contributed by atoms with Gasteiger partial charge >= 0.3 is 0 Å². The van der Waals surface area contributed by atoms with Crippen LogP contribution in [-0.2, 0) is 22.7 Å². The van der Waals surface area contributed by atoms with Gasteiger partial charge in [0.25, 0.3) is 11.8 Å². The van der Waals surface area contributed by atoms with E-state index in [1.165, 1.54) is 6.33 Å². The molecule has 6 rings (SSSR count). The molecule has 2 aromatic carbocycles. The fourth-order valence-corrected chi connectivity index (χ4v) is 6.04. The molecule has 3 amide bonds. The van der Waals surface area contributed by atoms with E-state index >= 15 is 0 Å². The molecule has 212 valence electrons. The molecule has 3 aliphatic heterocycles. The predicted octanol–water partition coefficient (Wildman–Crippen LogP) is 2.20. The van der Waals surface area contributed by atoms with Crippen molar-refractivity contribution in [1.82, 2.24) is 29.9 Å². The summed E-state index contributed by atoms with van der Waals surface area (Å²) in [7, 11) is 0. The maximum atomic E-state index is 13.8. The van der Waals surface area contributed by atoms with Gasteiger partial charge in [0.1, 0.15) is 36.8 Å². The number of nitrogens with one attached hydrogen (secondary N) is 1. The van der Waals surface area contributed by atoms with Crippen LogP contribution >= 0.6 is 0 Å². The molecule has 41 heavy (non-hydrogen) atoms. The van der Waals surface area contributed by atoms with Crippen molar-refractivity contribution < 1.29 is 23.9 Å². The van der Waals surface area contributed by atoms with Crippen LogP contribution in [0, 0.1) is 0 Å². The Bertz CT molecular complexity index is 1460. The van der Waals surface area contributed by atoms with Crippen LogP contribution in [0.25, 0.3) is 0 Å². The van der Waals surface area contributed by atoms with Gasteiger partial charge in [-0.1, -0.05) is 18.2 Å². The zero-order chi connectivity index (χ0) is 28.4. The average molecular weight is 557 g/mol. The zero-order valence-corrected chi connectivity index (χ0v) is 22.7. The van der Waals surface area contributed by atoms with Gasteiger partial charge in [0.2, 0.25) is 5.91 Å². The molecule has 0 radical (unpaired) electrons. The molecule has 1 aromatic heterocycles. The molecule has 0 saturated carbocycles. The van der Waals surface area contributed by atoms with E-state index < -0.39 is 5.54 Å². The van der Waals surface area contributed by atoms with Crippen molar-refractivity contribution in [3.8, 4) is 5.75 Å². The highest BCUT2D eigenvalue weighted by atomic mass is 16.5. The Labute approximate surface area is 237 Å². The van der Waals surface area contributed by atoms with Crippen molar-refractivity contribution in [2.75, 3.05) is 19.7 Å². The number of amides is 3. The zero-order valence-electron chi connectivity index (χ0n) is 22.7. The van der Waals surface area contributed by atoms with E-state index in [1.54, 1.807) is 28.0 Å². The highest BCUT2D eigenvalue weighted by molar-refractivity contribution is 6.01. The number of benzene rings is 2. The summed E-state index contributed by atoms with van der Waals surface area (Å²) in [6.45, 7) is 1.84. The molecule has 0 spiro atoms. The summed E-state index contributed by atoms with van der Waals surface area (Å²) in [4.78, 5) is 58.2. The molecule has 11 heteroatoms. The van der Waals surface area contributed by atoms with E-state index in [0.29, 0.717) is 43.0 Å². The number of likely N-dealkylation sites (tertiary alicyclic amines) is 1. The Hall–Kier alpha value is -4.54. The molecule has 11 nitrogen and oxygen atoms in total. The number of piperidine rings is 2. The summed E-state index contributed by atoms with van der Waals surface area (Å²) in [5.41, 5.74) is 1.80. The van der Waals surface area contributed by atoms with Gasteiger partial charge in [-0.25, -0.2) is 9.67 Å². The first kappa shape index (κ1) is 26.7. The second-order valence-corrected chi connectivity index (χ2v) is 10.9. The molecule has 1 unspecified atom stereocenters. The first-order chi connectivity index (χ1) is 20.0. The number of rotatable bonds is 8. The van der Waals surface area contributed by atoms with E-state index in [1.807, 2.05) is 35.2 Å². The minimum absolute atomic E-state index is 0.0251. The fraction of sp³-hybridized carbons (Fsp3) is 0.400. The van der Waals surface area contributed by atoms with Crippen LogP contribution < -0.4 is 10.1 Å². The summed E-state index contributed by atoms with van der Waals surface area (Å²) in [5, 5.41) is 6.90. The maximum Gasteiger partial charge on any atom is 0.255 e. The molecule has 2 saturated heterocycles. The van der Waals surface area contributed by atoms with E-state index in [4.69, 9.17) is 4.74 Å². The number of hydrogen-bond donors (Lipinski definition) is 1. The average Bonchev–Trinajstić information content (AvgIpc) is 3.64. The topological polar surface area (TPSA) is 127 Å². The molecule has 2 fully saturated rings. The molecule has 3 aromatic rings. The normalized spacial score (nSPS) is 22.3. The Morgan fingerprint density at radius 1 is 1.17 bits per heavy atom. The lowest BCUT2D eigenvalue weighted by Crippen LogP contribution is -2.60. The summed E-state index contributed by atoms with van der Waals surface area (Å²) >= 11 is 0. The molecule has 0 bridgehead atoms. The van der Waals surface area contributed by atoms with Crippen molar-refractivity contribution in [2.24, 2.45) is 0 Å². The van der Waals surface area contributed by atoms with Gasteiger partial charge in [0, 0.05) is 37.2 Å². The Kier molecular flexibility index (Phi) is 7.25. The highest BCUT2D eigenvalue weighted by Crippen LogP contribution is 2.34. The minimum atomic E-state index is -1.04. The van der Waals surface area contributed by atoms with Crippen LogP contribution in [-0.4, -0.2) is 79.8 Å². The van der Waals surface area contributed by atoms with Crippen LogP contribution in [0.1, 0.15) is 63.9 Å². The number of aldehydes is 1. The first-order valence-corrected chi connectivity index (χ1v) is 14.0. The predicted molar refractivity (Wildman–Crippen MR) is 147 cm³/mol. The lowest BCUT2D eigenvalue weighted by atomic mass is 9.89. The Morgan fingerprint density at radius 3 is 2.83 bits per heavy atom. The third-order valence-electron chi connectivity index (χ3n) is 8.39. The number of ether oxygens (including phenoxy) is 1. The van der Waals surface area contributed by atoms with Crippen LogP contribution in [0.5, 0.6) is 5.75 Å². The third-order valence-corrected chi connectivity index (χ3v) is 8.39. The molecule has 2 atom stereocenters. The summed E-state index contributed by atoms with van der Waals surface area (Å²) in [5.74, 6) is 0.252. The molecule has 4 heterocycles. The lowest BCUT2D eigenvalue weighted by Gasteiger charge is -2.40. The van der Waals surface area contributed by atoms with Gasteiger partial charge in [-0.05, 0) is 61.1 Å². The third kappa shape index (κ3) is 5.19. The second kappa shape index (κ2) is 11.1. The van der Waals surface area contributed by atoms with Gasteiger partial charge in [0.15, 0.2) is 0 Å². The molecule has 0 aliphatic carbocycles. The fourth-order valence-electron chi connectivity index (χ4n) is 6.04. The van der Waals surface area contributed by atoms with Crippen LogP contribution in [0.3, 0.4) is 0 Å². The van der Waals surface area contributed by atoms with Crippen molar-refractivity contribution in [1.29, 1.82) is 0 Å². The first-order valence-electron chi connectivity index (χ1n) is 14.0. The van der Waals surface area contributed by atoms with Crippen LogP contribution in [0.15, 0.2) is 55.1 Å². The lowest BCUT2D eigenvalue weighted by molar-refractivity contribution is -0.128. The van der Waals surface area contributed by atoms with Crippen molar-refractivity contribution in [3.05, 3.63) is 77.4 Å². The molecular formula is C30H32N6O5. The van der Waals surface area contributed by atoms with E-state index in [9.17, 15) is 19.2 Å². The quantitative estimate of drug-likeness (QED) is 0.422. The number of nitrogens with zero attached hydrogens (tertiary/aromatic N) is 5. The van der Waals surface area contributed by atoms with Crippen molar-refractivity contribution in [3.63, 3.8) is 0 Å². The standard InChI is InChI=1S/C30H32N6O5/c37-18-30(11-10-27(38)32-17-30)36-15-22-13-24(8-9-26(22)29(36)40)41-16-23-6-3-4-12-35(23)28(39)25-7-2-1-5-21(25)14-34-20-31-19-33-34/h1-2,5,7-9,13,18-20,23H,3-4,6,10-12,14-17H2,(H,32,38)/t23-,30?/m1/s1. The molecular weight excluding hydrogens is 524 g/mol. The Balaban J connectivity index is 1.14. The maximum absolute atomic E-state index is 13.8. The second-order valence-electron chi connectivity index (χ2n) is 10.9. The van der Waals surface area contributed by atoms with Gasteiger partial charge in [-0.3, -0.25) is 14.4 Å². The Morgan fingerprint density at radius 2 is 2.05 bits per heavy atom. The van der Waals surface area contributed by atoms with E-state index in [0.717, 1.165) is 36.7 Å². The van der Waals surface area contributed by atoms with Crippen molar-refractivity contribution in [2.45, 2.75) is 56.8 Å². The smallest absolute Gasteiger partial charge is 0.255 e. The number of hydrogen-bond acceptors (Lipinski definition) is 7.